The van der Waals surface area contributed by atoms with Gasteiger partial charge in [-0.15, -0.1) is 0 Å². The van der Waals surface area contributed by atoms with Crippen LogP contribution in [0.4, 0.5) is 4.39 Å². The Bertz CT molecular complexity index is 545. The van der Waals surface area contributed by atoms with Crippen molar-refractivity contribution in [2.24, 2.45) is 0 Å². The van der Waals surface area contributed by atoms with Gasteiger partial charge in [0.1, 0.15) is 11.4 Å². The van der Waals surface area contributed by atoms with E-state index < -0.39 is 23.2 Å². The third-order valence-corrected chi connectivity index (χ3v) is 3.83. The zero-order chi connectivity index (χ0) is 15.5. The fraction of sp³-hybridized carbons (Fsp3) is 0.385. The molecule has 0 aromatic heterocycles. The molecule has 1 aromatic rings. The van der Waals surface area contributed by atoms with Gasteiger partial charge in [0, 0.05) is 0 Å². The summed E-state index contributed by atoms with van der Waals surface area (Å²) in [6.45, 7) is 3.28. The number of rotatable bonds is 5. The van der Waals surface area contributed by atoms with Crippen LogP contribution in [-0.2, 0) is 4.79 Å². The molecule has 1 rings (SSSR count). The molecule has 20 heavy (non-hydrogen) atoms. The number of carboxylic acid groups (broad SMARTS) is 1. The first-order valence-electron chi connectivity index (χ1n) is 5.97. The number of hydrogen-bond donors (Lipinski definition) is 2. The monoisotopic (exact) mass is 321 g/mol. The lowest BCUT2D eigenvalue weighted by molar-refractivity contribution is -0.144. The predicted octanol–water partition coefficient (Wildman–Crippen LogP) is 3.51. The van der Waals surface area contributed by atoms with E-state index in [0.29, 0.717) is 0 Å². The highest BCUT2D eigenvalue weighted by molar-refractivity contribution is 6.36. The summed E-state index contributed by atoms with van der Waals surface area (Å²) in [5.41, 5.74) is -1.56. The van der Waals surface area contributed by atoms with Crippen LogP contribution in [0.25, 0.3) is 0 Å². The fourth-order valence-corrected chi connectivity index (χ4v) is 2.23. The average molecular weight is 322 g/mol. The molecule has 4 nitrogen and oxygen atoms in total. The molecule has 0 radical (unpaired) electrons. The lowest BCUT2D eigenvalue weighted by Crippen LogP contribution is -2.53. The summed E-state index contributed by atoms with van der Waals surface area (Å²) in [5.74, 6) is -2.70. The molecule has 0 saturated heterocycles. The summed E-state index contributed by atoms with van der Waals surface area (Å²) < 4.78 is 13.4. The molecule has 0 aliphatic heterocycles. The minimum Gasteiger partial charge on any atom is -0.480 e. The van der Waals surface area contributed by atoms with Crippen LogP contribution in [0.5, 0.6) is 0 Å². The van der Waals surface area contributed by atoms with Crippen molar-refractivity contribution in [3.63, 3.8) is 0 Å². The normalized spacial score (nSPS) is 11.2. The van der Waals surface area contributed by atoms with E-state index in [9.17, 15) is 19.1 Å². The van der Waals surface area contributed by atoms with Gasteiger partial charge >= 0.3 is 5.97 Å². The van der Waals surface area contributed by atoms with E-state index >= 15 is 0 Å². The standard InChI is InChI=1S/C13H14Cl2FNO3/c1-3-13(4-2,12(19)20)17-11(18)7-5-10(16)9(15)6-8(7)14/h5-6H,3-4H2,1-2H3,(H,17,18)(H,19,20). The van der Waals surface area contributed by atoms with Gasteiger partial charge in [-0.05, 0) is 25.0 Å². The number of halogens is 3. The number of hydrogen-bond acceptors (Lipinski definition) is 2. The number of carbonyl (C=O) groups is 2. The van der Waals surface area contributed by atoms with Crippen molar-refractivity contribution >= 4 is 35.1 Å². The molecule has 0 saturated carbocycles. The predicted molar refractivity (Wildman–Crippen MR) is 74.8 cm³/mol. The summed E-state index contributed by atoms with van der Waals surface area (Å²) in [6.07, 6.45) is 0.385. The molecular weight excluding hydrogens is 308 g/mol. The van der Waals surface area contributed by atoms with Crippen LogP contribution >= 0.6 is 23.2 Å². The summed E-state index contributed by atoms with van der Waals surface area (Å²) in [4.78, 5) is 23.4. The van der Waals surface area contributed by atoms with Crippen molar-refractivity contribution in [1.29, 1.82) is 0 Å². The fourth-order valence-electron chi connectivity index (χ4n) is 1.76. The summed E-state index contributed by atoms with van der Waals surface area (Å²) in [5, 5.41) is 11.4. The molecule has 0 atom stereocenters. The van der Waals surface area contributed by atoms with Gasteiger partial charge in [-0.25, -0.2) is 9.18 Å². The Labute approximate surface area is 125 Å². The Morgan fingerprint density at radius 2 is 1.80 bits per heavy atom. The highest BCUT2D eigenvalue weighted by atomic mass is 35.5. The van der Waals surface area contributed by atoms with Crippen molar-refractivity contribution in [3.05, 3.63) is 33.6 Å². The van der Waals surface area contributed by atoms with Gasteiger partial charge in [0.15, 0.2) is 0 Å². The maximum Gasteiger partial charge on any atom is 0.329 e. The van der Waals surface area contributed by atoms with E-state index in [2.05, 4.69) is 5.32 Å². The molecule has 0 unspecified atom stereocenters. The molecule has 1 aromatic carbocycles. The van der Waals surface area contributed by atoms with Crippen LogP contribution < -0.4 is 5.32 Å². The SMILES string of the molecule is CCC(CC)(NC(=O)c1cc(F)c(Cl)cc1Cl)C(=O)O. The zero-order valence-electron chi connectivity index (χ0n) is 11.0. The molecule has 0 spiro atoms. The third-order valence-electron chi connectivity index (χ3n) is 3.22. The number of carbonyl (C=O) groups excluding carboxylic acids is 1. The molecule has 2 N–H and O–H groups in total. The quantitative estimate of drug-likeness (QED) is 0.815. The topological polar surface area (TPSA) is 66.4 Å². The van der Waals surface area contributed by atoms with Gasteiger partial charge in [-0.2, -0.15) is 0 Å². The van der Waals surface area contributed by atoms with Crippen LogP contribution in [0.2, 0.25) is 10.0 Å². The van der Waals surface area contributed by atoms with Gasteiger partial charge in [0.05, 0.1) is 15.6 Å². The first-order valence-corrected chi connectivity index (χ1v) is 6.73. The minimum atomic E-state index is -1.41. The van der Waals surface area contributed by atoms with E-state index in [-0.39, 0.29) is 28.5 Å². The Hall–Kier alpha value is -1.33. The molecule has 7 heteroatoms. The molecular formula is C13H14Cl2FNO3. The maximum absolute atomic E-state index is 13.4. The van der Waals surface area contributed by atoms with E-state index in [1.165, 1.54) is 0 Å². The van der Waals surface area contributed by atoms with Crippen LogP contribution in [0.1, 0.15) is 37.0 Å². The number of amides is 1. The Kier molecular flexibility index (Phi) is 5.36. The molecule has 0 aliphatic rings. The minimum absolute atomic E-state index is 0.0413. The Balaban J connectivity index is 3.13. The van der Waals surface area contributed by atoms with E-state index in [1.807, 2.05) is 0 Å². The van der Waals surface area contributed by atoms with Crippen molar-refractivity contribution in [3.8, 4) is 0 Å². The summed E-state index contributed by atoms with van der Waals surface area (Å²) in [7, 11) is 0. The van der Waals surface area contributed by atoms with E-state index in [4.69, 9.17) is 23.2 Å². The lowest BCUT2D eigenvalue weighted by atomic mass is 9.92. The molecule has 110 valence electrons. The summed E-state index contributed by atoms with van der Waals surface area (Å²) in [6, 6.07) is 1.99. The van der Waals surface area contributed by atoms with Crippen LogP contribution in [0.15, 0.2) is 12.1 Å². The number of carboxylic acids is 1. The van der Waals surface area contributed by atoms with Crippen molar-refractivity contribution in [2.45, 2.75) is 32.2 Å². The third kappa shape index (κ3) is 3.22. The van der Waals surface area contributed by atoms with Gasteiger partial charge in [-0.1, -0.05) is 37.0 Å². The molecule has 1 amide bonds. The van der Waals surface area contributed by atoms with Gasteiger partial charge in [0.25, 0.3) is 5.91 Å². The van der Waals surface area contributed by atoms with Gasteiger partial charge in [0.2, 0.25) is 0 Å². The number of nitrogens with one attached hydrogen (secondary N) is 1. The highest BCUT2D eigenvalue weighted by Crippen LogP contribution is 2.25. The highest BCUT2D eigenvalue weighted by Gasteiger charge is 2.37. The van der Waals surface area contributed by atoms with Crippen molar-refractivity contribution in [1.82, 2.24) is 5.32 Å². The number of aliphatic carboxylic acids is 1. The van der Waals surface area contributed by atoms with Crippen molar-refractivity contribution in [2.75, 3.05) is 0 Å². The molecule has 0 bridgehead atoms. The molecule has 0 aliphatic carbocycles. The van der Waals surface area contributed by atoms with Gasteiger partial charge < -0.3 is 10.4 Å². The second-order valence-electron chi connectivity index (χ2n) is 4.29. The van der Waals surface area contributed by atoms with Gasteiger partial charge in [-0.3, -0.25) is 4.79 Å². The smallest absolute Gasteiger partial charge is 0.329 e. The average Bonchev–Trinajstić information content (AvgIpc) is 2.39. The van der Waals surface area contributed by atoms with Crippen LogP contribution in [-0.4, -0.2) is 22.5 Å². The van der Waals surface area contributed by atoms with Crippen LogP contribution in [0.3, 0.4) is 0 Å². The number of benzene rings is 1. The Morgan fingerprint density at radius 1 is 1.25 bits per heavy atom. The van der Waals surface area contributed by atoms with E-state index in [0.717, 1.165) is 12.1 Å². The molecule has 0 fully saturated rings. The lowest BCUT2D eigenvalue weighted by Gasteiger charge is -2.28. The maximum atomic E-state index is 13.4. The molecule has 0 heterocycles. The largest absolute Gasteiger partial charge is 0.480 e. The van der Waals surface area contributed by atoms with Crippen LogP contribution in [0, 0.1) is 5.82 Å². The zero-order valence-corrected chi connectivity index (χ0v) is 12.5. The first kappa shape index (κ1) is 16.7. The second-order valence-corrected chi connectivity index (χ2v) is 5.11. The van der Waals surface area contributed by atoms with E-state index in [1.54, 1.807) is 13.8 Å². The second kappa shape index (κ2) is 6.41. The first-order chi connectivity index (χ1) is 9.27. The van der Waals surface area contributed by atoms with Crippen molar-refractivity contribution < 1.29 is 19.1 Å². The Morgan fingerprint density at radius 3 is 2.25 bits per heavy atom. The summed E-state index contributed by atoms with van der Waals surface area (Å²) >= 11 is 11.4.